The molecular formula is C16H15F3N2O4. The minimum atomic E-state index is -4.90. The van der Waals surface area contributed by atoms with Crippen LogP contribution < -0.4 is 4.74 Å². The maximum atomic E-state index is 12.7. The zero-order valence-electron chi connectivity index (χ0n) is 13.0. The fraction of sp³-hybridized carbons (Fsp3) is 0.375. The molecule has 1 aliphatic rings. The summed E-state index contributed by atoms with van der Waals surface area (Å²) in [5.41, 5.74) is 0.139. The number of aromatic carboxylic acids is 1. The number of carboxylic acid groups (broad SMARTS) is 1. The fourth-order valence-corrected chi connectivity index (χ4v) is 2.75. The number of rotatable bonds is 4. The topological polar surface area (TPSA) is 73.6 Å². The van der Waals surface area contributed by atoms with Gasteiger partial charge in [0, 0.05) is 18.4 Å². The number of hydrogen-bond acceptors (Lipinski definition) is 4. The molecule has 0 aliphatic carbocycles. The molecule has 9 heteroatoms. The standard InChI is InChI=1S/C16H15F3N2O4/c17-16(18,19)25-13-5-4-10(15(22)23)9-11(13)12-6-7-20-21(12)14-3-1-2-8-24-14/h4-7,9,14H,1-3,8H2,(H,22,23). The summed E-state index contributed by atoms with van der Waals surface area (Å²) in [6.45, 7) is 0.533. The molecule has 1 unspecified atom stereocenters. The van der Waals surface area contributed by atoms with Crippen molar-refractivity contribution in [1.82, 2.24) is 9.78 Å². The molecule has 0 saturated carbocycles. The first-order chi connectivity index (χ1) is 11.8. The van der Waals surface area contributed by atoms with E-state index in [9.17, 15) is 18.0 Å². The van der Waals surface area contributed by atoms with Crippen molar-refractivity contribution in [1.29, 1.82) is 0 Å². The summed E-state index contributed by atoms with van der Waals surface area (Å²) in [4.78, 5) is 11.2. The van der Waals surface area contributed by atoms with Gasteiger partial charge in [0.15, 0.2) is 6.23 Å². The molecule has 1 aromatic heterocycles. The van der Waals surface area contributed by atoms with Crippen molar-refractivity contribution in [2.45, 2.75) is 31.9 Å². The predicted molar refractivity (Wildman–Crippen MR) is 80.1 cm³/mol. The summed E-state index contributed by atoms with van der Waals surface area (Å²) in [6, 6.07) is 4.69. The lowest BCUT2D eigenvalue weighted by Crippen LogP contribution is -2.21. The van der Waals surface area contributed by atoms with Crippen molar-refractivity contribution in [3.05, 3.63) is 36.0 Å². The molecule has 134 valence electrons. The van der Waals surface area contributed by atoms with Crippen molar-refractivity contribution in [3.8, 4) is 17.0 Å². The quantitative estimate of drug-likeness (QED) is 0.901. The molecule has 0 radical (unpaired) electrons. The Hall–Kier alpha value is -2.55. The highest BCUT2D eigenvalue weighted by atomic mass is 19.4. The third-order valence-electron chi connectivity index (χ3n) is 3.83. The van der Waals surface area contributed by atoms with Crippen LogP contribution in [0.5, 0.6) is 5.75 Å². The third kappa shape index (κ3) is 3.93. The van der Waals surface area contributed by atoms with E-state index < -0.39 is 24.3 Å². The van der Waals surface area contributed by atoms with E-state index in [0.717, 1.165) is 31.0 Å². The van der Waals surface area contributed by atoms with E-state index in [1.165, 1.54) is 16.9 Å². The fourth-order valence-electron chi connectivity index (χ4n) is 2.75. The zero-order chi connectivity index (χ0) is 18.0. The van der Waals surface area contributed by atoms with Crippen LogP contribution in [0.25, 0.3) is 11.3 Å². The second-order valence-electron chi connectivity index (χ2n) is 5.55. The van der Waals surface area contributed by atoms with Gasteiger partial charge in [0.25, 0.3) is 0 Å². The average Bonchev–Trinajstić information content (AvgIpc) is 3.04. The van der Waals surface area contributed by atoms with Crippen molar-refractivity contribution >= 4 is 5.97 Å². The molecule has 1 N–H and O–H groups in total. The lowest BCUT2D eigenvalue weighted by atomic mass is 10.1. The normalized spacial score (nSPS) is 18.1. The van der Waals surface area contributed by atoms with Crippen molar-refractivity contribution in [3.63, 3.8) is 0 Å². The third-order valence-corrected chi connectivity index (χ3v) is 3.83. The van der Waals surface area contributed by atoms with Gasteiger partial charge in [0.1, 0.15) is 5.75 Å². The minimum Gasteiger partial charge on any atom is -0.478 e. The molecule has 3 rings (SSSR count). The lowest BCUT2D eigenvalue weighted by Gasteiger charge is -2.25. The van der Waals surface area contributed by atoms with Crippen LogP contribution in [0, 0.1) is 0 Å². The van der Waals surface area contributed by atoms with Crippen LogP contribution in [0.4, 0.5) is 13.2 Å². The maximum Gasteiger partial charge on any atom is 0.573 e. The molecule has 1 saturated heterocycles. The Kier molecular flexibility index (Phi) is 4.67. The van der Waals surface area contributed by atoms with Gasteiger partial charge < -0.3 is 14.6 Å². The highest BCUT2D eigenvalue weighted by molar-refractivity contribution is 5.90. The number of ether oxygens (including phenoxy) is 2. The summed E-state index contributed by atoms with van der Waals surface area (Å²) in [6.07, 6.45) is -1.40. The molecule has 25 heavy (non-hydrogen) atoms. The Balaban J connectivity index is 2.07. The molecule has 1 aromatic carbocycles. The van der Waals surface area contributed by atoms with E-state index in [1.807, 2.05) is 0 Å². The number of hydrogen-bond donors (Lipinski definition) is 1. The van der Waals surface area contributed by atoms with Gasteiger partial charge in [0.05, 0.1) is 11.3 Å². The molecule has 6 nitrogen and oxygen atoms in total. The number of benzene rings is 1. The van der Waals surface area contributed by atoms with Gasteiger partial charge in [0.2, 0.25) is 0 Å². The van der Waals surface area contributed by atoms with Gasteiger partial charge >= 0.3 is 12.3 Å². The van der Waals surface area contributed by atoms with Crippen LogP contribution in [0.1, 0.15) is 35.8 Å². The zero-order valence-corrected chi connectivity index (χ0v) is 13.0. The van der Waals surface area contributed by atoms with E-state index in [0.29, 0.717) is 18.7 Å². The van der Waals surface area contributed by atoms with Crippen LogP contribution in [0.2, 0.25) is 0 Å². The first kappa shape index (κ1) is 17.3. The molecule has 1 atom stereocenters. The Labute approximate surface area is 140 Å². The number of nitrogens with zero attached hydrogens (tertiary/aromatic N) is 2. The Morgan fingerprint density at radius 3 is 2.76 bits per heavy atom. The number of halogens is 3. The first-order valence-electron chi connectivity index (χ1n) is 7.64. The lowest BCUT2D eigenvalue weighted by molar-refractivity contribution is -0.274. The van der Waals surface area contributed by atoms with Crippen LogP contribution >= 0.6 is 0 Å². The Morgan fingerprint density at radius 2 is 2.12 bits per heavy atom. The molecule has 2 heterocycles. The van der Waals surface area contributed by atoms with Crippen LogP contribution in [0.15, 0.2) is 30.5 Å². The molecular weight excluding hydrogens is 341 g/mol. The monoisotopic (exact) mass is 356 g/mol. The summed E-state index contributed by atoms with van der Waals surface area (Å²) >= 11 is 0. The highest BCUT2D eigenvalue weighted by Gasteiger charge is 2.33. The van der Waals surface area contributed by atoms with E-state index >= 15 is 0 Å². The number of alkyl halides is 3. The minimum absolute atomic E-state index is 0.0103. The molecule has 0 spiro atoms. The Morgan fingerprint density at radius 1 is 1.32 bits per heavy atom. The van der Waals surface area contributed by atoms with Crippen molar-refractivity contribution in [2.24, 2.45) is 0 Å². The van der Waals surface area contributed by atoms with Crippen molar-refractivity contribution < 1.29 is 32.5 Å². The molecule has 1 fully saturated rings. The molecule has 0 amide bonds. The molecule has 1 aliphatic heterocycles. The SMILES string of the molecule is O=C(O)c1ccc(OC(F)(F)F)c(-c2ccnn2C2CCCCO2)c1. The van der Waals surface area contributed by atoms with Crippen LogP contribution in [-0.4, -0.2) is 33.8 Å². The Bertz CT molecular complexity index is 767. The summed E-state index contributed by atoms with van der Waals surface area (Å²) in [5, 5.41) is 13.3. The summed E-state index contributed by atoms with van der Waals surface area (Å²) in [5.74, 6) is -1.74. The van der Waals surface area contributed by atoms with E-state index in [-0.39, 0.29) is 11.1 Å². The number of carbonyl (C=O) groups is 1. The molecule has 0 bridgehead atoms. The first-order valence-corrected chi connectivity index (χ1v) is 7.64. The van der Waals surface area contributed by atoms with Gasteiger partial charge in [-0.3, -0.25) is 0 Å². The molecule has 2 aromatic rings. The van der Waals surface area contributed by atoms with Gasteiger partial charge in [-0.1, -0.05) is 0 Å². The summed E-state index contributed by atoms with van der Waals surface area (Å²) < 4.78 is 49.2. The largest absolute Gasteiger partial charge is 0.573 e. The van der Waals surface area contributed by atoms with E-state index in [1.54, 1.807) is 0 Å². The van der Waals surface area contributed by atoms with Gasteiger partial charge in [-0.25, -0.2) is 9.48 Å². The van der Waals surface area contributed by atoms with Crippen molar-refractivity contribution in [2.75, 3.05) is 6.61 Å². The average molecular weight is 356 g/mol. The second kappa shape index (κ2) is 6.75. The smallest absolute Gasteiger partial charge is 0.478 e. The predicted octanol–water partition coefficient (Wildman–Crippen LogP) is 3.85. The maximum absolute atomic E-state index is 12.7. The van der Waals surface area contributed by atoms with Crippen LogP contribution in [-0.2, 0) is 4.74 Å². The van der Waals surface area contributed by atoms with Crippen LogP contribution in [0.3, 0.4) is 0 Å². The van der Waals surface area contributed by atoms with Gasteiger partial charge in [-0.05, 0) is 43.5 Å². The van der Waals surface area contributed by atoms with E-state index in [2.05, 4.69) is 9.84 Å². The number of carboxylic acids is 1. The van der Waals surface area contributed by atoms with Gasteiger partial charge in [-0.2, -0.15) is 5.10 Å². The van der Waals surface area contributed by atoms with E-state index in [4.69, 9.17) is 9.84 Å². The van der Waals surface area contributed by atoms with Gasteiger partial charge in [-0.15, -0.1) is 13.2 Å². The second-order valence-corrected chi connectivity index (χ2v) is 5.55. The number of aromatic nitrogens is 2. The highest BCUT2D eigenvalue weighted by Crippen LogP contribution is 2.36. The summed E-state index contributed by atoms with van der Waals surface area (Å²) in [7, 11) is 0.